The van der Waals surface area contributed by atoms with Crippen LogP contribution in [0.15, 0.2) is 164 Å². The Hall–Kier alpha value is -5.90. The van der Waals surface area contributed by atoms with Crippen molar-refractivity contribution in [3.8, 4) is 0 Å². The molecule has 3 heteroatoms. The van der Waals surface area contributed by atoms with Crippen LogP contribution >= 0.6 is 0 Å². The molecular formula is C44H33N3. The third-order valence-electron chi connectivity index (χ3n) is 9.61. The van der Waals surface area contributed by atoms with Crippen LogP contribution in [0.2, 0.25) is 0 Å². The summed E-state index contributed by atoms with van der Waals surface area (Å²) in [6.45, 7) is 0. The van der Waals surface area contributed by atoms with Crippen molar-refractivity contribution < 1.29 is 0 Å². The van der Waals surface area contributed by atoms with Gasteiger partial charge in [-0.3, -0.25) is 5.73 Å². The smallest absolute Gasteiger partial charge is 0.157 e. The first-order chi connectivity index (χ1) is 23.3. The maximum atomic E-state index is 7.38. The van der Waals surface area contributed by atoms with Crippen molar-refractivity contribution in [2.75, 3.05) is 0 Å². The van der Waals surface area contributed by atoms with E-state index in [1.54, 1.807) is 0 Å². The van der Waals surface area contributed by atoms with E-state index in [0.717, 1.165) is 28.7 Å². The maximum Gasteiger partial charge on any atom is 0.157 e. The van der Waals surface area contributed by atoms with Gasteiger partial charge in [0.1, 0.15) is 0 Å². The van der Waals surface area contributed by atoms with E-state index in [2.05, 4.69) is 174 Å². The number of nitrogens with zero attached hydrogens (tertiary/aromatic N) is 1. The third-order valence-corrected chi connectivity index (χ3v) is 9.61. The van der Waals surface area contributed by atoms with Crippen LogP contribution in [-0.2, 0) is 6.42 Å². The number of aromatic nitrogens is 1. The van der Waals surface area contributed by atoms with Crippen molar-refractivity contribution in [3.05, 3.63) is 175 Å². The molecule has 0 amide bonds. The summed E-state index contributed by atoms with van der Waals surface area (Å²) in [6, 6.07) is 56.4. The molecule has 1 aromatic heterocycles. The van der Waals surface area contributed by atoms with E-state index in [9.17, 15) is 0 Å². The molecule has 8 aromatic carbocycles. The maximum absolute atomic E-state index is 7.38. The minimum atomic E-state index is -0.547. The van der Waals surface area contributed by atoms with Gasteiger partial charge < -0.3 is 9.88 Å². The van der Waals surface area contributed by atoms with Crippen molar-refractivity contribution >= 4 is 70.6 Å². The molecule has 9 aromatic rings. The van der Waals surface area contributed by atoms with Gasteiger partial charge in [-0.15, -0.1) is 0 Å². The number of nitrogens with one attached hydrogen (secondary N) is 1. The molecule has 47 heavy (non-hydrogen) atoms. The van der Waals surface area contributed by atoms with Crippen LogP contribution in [0.3, 0.4) is 0 Å². The van der Waals surface area contributed by atoms with Crippen LogP contribution in [-0.4, -0.2) is 4.57 Å². The van der Waals surface area contributed by atoms with Gasteiger partial charge >= 0.3 is 0 Å². The lowest BCUT2D eigenvalue weighted by atomic mass is 9.93. The van der Waals surface area contributed by atoms with Gasteiger partial charge in [-0.25, -0.2) is 0 Å². The number of fused-ring (bicyclic) bond motifs is 11. The first-order valence-corrected chi connectivity index (χ1v) is 16.3. The molecule has 1 unspecified atom stereocenters. The Morgan fingerprint density at radius 2 is 1.15 bits per heavy atom. The summed E-state index contributed by atoms with van der Waals surface area (Å²) in [4.78, 5) is 0. The number of hydrogen-bond acceptors (Lipinski definition) is 2. The zero-order valence-electron chi connectivity index (χ0n) is 25.9. The molecule has 0 fully saturated rings. The Morgan fingerprint density at radius 1 is 0.532 bits per heavy atom. The predicted octanol–water partition coefficient (Wildman–Crippen LogP) is 10.7. The first kappa shape index (κ1) is 27.4. The number of para-hydroxylation sites is 1. The van der Waals surface area contributed by atoms with Crippen LogP contribution in [0.5, 0.6) is 0 Å². The number of allylic oxidation sites excluding steroid dienone is 1. The molecule has 0 spiro atoms. The fourth-order valence-corrected chi connectivity index (χ4v) is 7.52. The van der Waals surface area contributed by atoms with E-state index in [1.165, 1.54) is 59.4 Å². The van der Waals surface area contributed by atoms with E-state index >= 15 is 0 Å². The van der Waals surface area contributed by atoms with Crippen molar-refractivity contribution in [1.82, 2.24) is 9.88 Å². The fourth-order valence-electron chi connectivity index (χ4n) is 7.52. The molecule has 0 saturated heterocycles. The predicted molar refractivity (Wildman–Crippen MR) is 200 cm³/mol. The largest absolute Gasteiger partial charge is 0.353 e. The molecule has 0 bridgehead atoms. The van der Waals surface area contributed by atoms with Crippen molar-refractivity contribution in [1.29, 1.82) is 0 Å². The second kappa shape index (κ2) is 11.2. The Kier molecular flexibility index (Phi) is 6.51. The van der Waals surface area contributed by atoms with Gasteiger partial charge in [0.2, 0.25) is 0 Å². The standard InChI is InChI=1S/C44H33N3/c45-44(46-39(28-25-29-13-2-1-3-14-29)35-23-12-17-30-15-4-6-18-32(30)35)47-40-24-11-10-22-38(40)42-41-33-19-7-5-16-31(33)26-27-36(41)34-20-8-9-21-37(34)43(42)47/h1-24,26-28,44,46H,25,45H2/b39-28-. The molecule has 9 rings (SSSR count). The zero-order valence-corrected chi connectivity index (χ0v) is 25.9. The number of benzene rings is 8. The first-order valence-electron chi connectivity index (χ1n) is 16.3. The topological polar surface area (TPSA) is 43.0 Å². The van der Waals surface area contributed by atoms with Crippen LogP contribution < -0.4 is 11.1 Å². The average molecular weight is 604 g/mol. The second-order valence-corrected chi connectivity index (χ2v) is 12.3. The van der Waals surface area contributed by atoms with Gasteiger partial charge in [0, 0.05) is 32.8 Å². The van der Waals surface area contributed by atoms with E-state index in [4.69, 9.17) is 5.73 Å². The highest BCUT2D eigenvalue weighted by atomic mass is 15.3. The number of hydrogen-bond donors (Lipinski definition) is 2. The van der Waals surface area contributed by atoms with Crippen molar-refractivity contribution in [2.45, 2.75) is 12.7 Å². The molecule has 0 aliphatic carbocycles. The minimum absolute atomic E-state index is 0.547. The average Bonchev–Trinajstić information content (AvgIpc) is 3.49. The summed E-state index contributed by atoms with van der Waals surface area (Å²) in [5, 5.41) is 16.1. The number of rotatable bonds is 6. The van der Waals surface area contributed by atoms with E-state index in [-0.39, 0.29) is 0 Å². The quantitative estimate of drug-likeness (QED) is 0.147. The molecule has 0 aliphatic heterocycles. The monoisotopic (exact) mass is 603 g/mol. The van der Waals surface area contributed by atoms with Crippen LogP contribution in [0.1, 0.15) is 17.4 Å². The summed E-state index contributed by atoms with van der Waals surface area (Å²) in [6.07, 6.45) is 2.52. The highest BCUT2D eigenvalue weighted by Crippen LogP contribution is 2.44. The van der Waals surface area contributed by atoms with E-state index in [0.29, 0.717) is 0 Å². The van der Waals surface area contributed by atoms with E-state index < -0.39 is 6.29 Å². The molecule has 0 radical (unpaired) electrons. The van der Waals surface area contributed by atoms with Gasteiger partial charge in [-0.2, -0.15) is 0 Å². The lowest BCUT2D eigenvalue weighted by molar-refractivity contribution is 0.509. The molecule has 224 valence electrons. The Balaban J connectivity index is 1.32. The summed E-state index contributed by atoms with van der Waals surface area (Å²) in [5.41, 5.74) is 13.0. The van der Waals surface area contributed by atoms with E-state index in [1.807, 2.05) is 0 Å². The van der Waals surface area contributed by atoms with Gasteiger partial charge in [0.15, 0.2) is 6.29 Å². The van der Waals surface area contributed by atoms with Crippen LogP contribution in [0.4, 0.5) is 0 Å². The number of nitrogens with two attached hydrogens (primary N) is 1. The second-order valence-electron chi connectivity index (χ2n) is 12.3. The Labute approximate surface area is 273 Å². The molecule has 0 saturated carbocycles. The summed E-state index contributed by atoms with van der Waals surface area (Å²) < 4.78 is 2.32. The molecular weight excluding hydrogens is 571 g/mol. The van der Waals surface area contributed by atoms with Crippen LogP contribution in [0.25, 0.3) is 70.6 Å². The lowest BCUT2D eigenvalue weighted by Gasteiger charge is -2.23. The minimum Gasteiger partial charge on any atom is -0.353 e. The molecule has 1 heterocycles. The van der Waals surface area contributed by atoms with Crippen LogP contribution in [0, 0.1) is 0 Å². The van der Waals surface area contributed by atoms with Gasteiger partial charge in [-0.1, -0.05) is 158 Å². The highest BCUT2D eigenvalue weighted by Gasteiger charge is 2.22. The van der Waals surface area contributed by atoms with Gasteiger partial charge in [0.25, 0.3) is 0 Å². The van der Waals surface area contributed by atoms with Gasteiger partial charge in [-0.05, 0) is 50.4 Å². The SMILES string of the molecule is NC(N/C(=C\Cc1ccccc1)c1cccc2ccccc12)n1c2ccccc2c2c3c4ccccc4ccc3c3ccccc3c21. The summed E-state index contributed by atoms with van der Waals surface area (Å²) in [7, 11) is 0. The molecule has 1 atom stereocenters. The Morgan fingerprint density at radius 3 is 1.96 bits per heavy atom. The highest BCUT2D eigenvalue weighted by molar-refractivity contribution is 6.36. The van der Waals surface area contributed by atoms with Crippen molar-refractivity contribution in [3.63, 3.8) is 0 Å². The van der Waals surface area contributed by atoms with Gasteiger partial charge in [0.05, 0.1) is 11.0 Å². The fraction of sp³-hybridized carbons (Fsp3) is 0.0455. The third kappa shape index (κ3) is 4.47. The Bertz CT molecular complexity index is 2640. The summed E-state index contributed by atoms with van der Waals surface area (Å²) in [5.74, 6) is 0. The molecule has 0 aliphatic rings. The molecule has 3 N–H and O–H groups in total. The molecule has 3 nitrogen and oxygen atoms in total. The lowest BCUT2D eigenvalue weighted by Crippen LogP contribution is -2.33. The normalized spacial score (nSPS) is 12.9. The summed E-state index contributed by atoms with van der Waals surface area (Å²) >= 11 is 0. The zero-order chi connectivity index (χ0) is 31.3. The van der Waals surface area contributed by atoms with Crippen molar-refractivity contribution in [2.24, 2.45) is 5.73 Å².